The number of aromatic nitrogens is 1. The van der Waals surface area contributed by atoms with E-state index in [1.165, 1.54) is 18.2 Å². The first-order valence-corrected chi connectivity index (χ1v) is 11.0. The van der Waals surface area contributed by atoms with Crippen molar-refractivity contribution in [3.8, 4) is 28.5 Å². The maximum absolute atomic E-state index is 13.3. The van der Waals surface area contributed by atoms with E-state index in [2.05, 4.69) is 10.5 Å². The lowest BCUT2D eigenvalue weighted by molar-refractivity contribution is 0.0956. The van der Waals surface area contributed by atoms with Crippen LogP contribution in [0.5, 0.6) is 17.2 Å². The number of ether oxygens (including phenoxy) is 1. The van der Waals surface area contributed by atoms with E-state index < -0.39 is 5.91 Å². The van der Waals surface area contributed by atoms with E-state index in [1.807, 2.05) is 62.4 Å². The highest BCUT2D eigenvalue weighted by Gasteiger charge is 2.16. The number of para-hydroxylation sites is 2. The minimum atomic E-state index is -0.417. The van der Waals surface area contributed by atoms with Crippen molar-refractivity contribution in [2.24, 2.45) is 5.10 Å². The average Bonchev–Trinajstić information content (AvgIpc) is 2.86. The third-order valence-electron chi connectivity index (χ3n) is 5.34. The number of hydrazone groups is 1. The van der Waals surface area contributed by atoms with E-state index in [4.69, 9.17) is 9.72 Å². The van der Waals surface area contributed by atoms with Gasteiger partial charge < -0.3 is 14.9 Å². The zero-order chi connectivity index (χ0) is 24.1. The first kappa shape index (κ1) is 22.8. The van der Waals surface area contributed by atoms with Crippen molar-refractivity contribution in [3.63, 3.8) is 0 Å². The van der Waals surface area contributed by atoms with Crippen LogP contribution in [0.2, 0.25) is 0 Å². The van der Waals surface area contributed by atoms with Crippen molar-refractivity contribution in [1.82, 2.24) is 10.4 Å². The van der Waals surface area contributed by atoms with Gasteiger partial charge >= 0.3 is 0 Å². The Labute approximate surface area is 197 Å². The summed E-state index contributed by atoms with van der Waals surface area (Å²) in [5.41, 5.74) is 5.86. The van der Waals surface area contributed by atoms with Gasteiger partial charge in [-0.15, -0.1) is 0 Å². The number of carbonyl (C=O) groups is 1. The van der Waals surface area contributed by atoms with Gasteiger partial charge in [0.2, 0.25) is 0 Å². The molecule has 0 atom stereocenters. The molecule has 1 amide bonds. The van der Waals surface area contributed by atoms with Gasteiger partial charge in [-0.3, -0.25) is 4.79 Å². The Kier molecular flexibility index (Phi) is 6.73. The molecular formula is C27H25N3O4. The number of pyridine rings is 1. The van der Waals surface area contributed by atoms with Gasteiger partial charge in [-0.25, -0.2) is 10.4 Å². The van der Waals surface area contributed by atoms with Crippen LogP contribution in [-0.2, 0) is 0 Å². The van der Waals surface area contributed by atoms with Gasteiger partial charge in [-0.05, 0) is 55.8 Å². The Morgan fingerprint density at radius 3 is 2.53 bits per heavy atom. The molecule has 0 fully saturated rings. The van der Waals surface area contributed by atoms with E-state index in [0.717, 1.165) is 5.56 Å². The van der Waals surface area contributed by atoms with Crippen molar-refractivity contribution >= 4 is 22.5 Å². The van der Waals surface area contributed by atoms with Crippen molar-refractivity contribution in [1.29, 1.82) is 0 Å². The van der Waals surface area contributed by atoms with Gasteiger partial charge in [0.1, 0.15) is 17.2 Å². The topological polar surface area (TPSA) is 104 Å². The molecule has 0 radical (unpaired) electrons. The summed E-state index contributed by atoms with van der Waals surface area (Å²) in [6, 6.07) is 20.9. The molecule has 0 aliphatic heterocycles. The molecule has 0 spiro atoms. The van der Waals surface area contributed by atoms with Crippen LogP contribution < -0.4 is 10.2 Å². The number of fused-ring (bicyclic) bond motifs is 1. The smallest absolute Gasteiger partial charge is 0.272 e. The van der Waals surface area contributed by atoms with Gasteiger partial charge in [0, 0.05) is 16.5 Å². The number of nitrogens with zero attached hydrogens (tertiary/aromatic N) is 2. The molecule has 1 heterocycles. The van der Waals surface area contributed by atoms with Gasteiger partial charge in [-0.2, -0.15) is 5.10 Å². The van der Waals surface area contributed by atoms with Gasteiger partial charge in [-0.1, -0.05) is 37.3 Å². The Hall–Kier alpha value is -4.39. The predicted molar refractivity (Wildman–Crippen MR) is 132 cm³/mol. The zero-order valence-electron chi connectivity index (χ0n) is 18.9. The summed E-state index contributed by atoms with van der Waals surface area (Å²) in [6.07, 6.45) is 0.432. The molecule has 0 unspecified atom stereocenters. The fourth-order valence-corrected chi connectivity index (χ4v) is 3.72. The fourth-order valence-electron chi connectivity index (χ4n) is 3.72. The van der Waals surface area contributed by atoms with Crippen LogP contribution in [0.25, 0.3) is 22.2 Å². The Morgan fingerprint density at radius 2 is 1.74 bits per heavy atom. The lowest BCUT2D eigenvalue weighted by Gasteiger charge is -2.13. The normalized spacial score (nSPS) is 11.4. The summed E-state index contributed by atoms with van der Waals surface area (Å²) < 4.78 is 5.76. The van der Waals surface area contributed by atoms with Crippen LogP contribution in [0, 0.1) is 0 Å². The average molecular weight is 456 g/mol. The maximum atomic E-state index is 13.3. The van der Waals surface area contributed by atoms with Gasteiger partial charge in [0.25, 0.3) is 5.91 Å². The lowest BCUT2D eigenvalue weighted by Crippen LogP contribution is -2.20. The summed E-state index contributed by atoms with van der Waals surface area (Å²) in [7, 11) is 0. The van der Waals surface area contributed by atoms with E-state index in [1.54, 1.807) is 6.07 Å². The van der Waals surface area contributed by atoms with Crippen molar-refractivity contribution in [3.05, 3.63) is 83.9 Å². The standard InChI is InChI=1S/C27H25N3O4/c1-3-22(21-15-17(31)13-14-25(21)32)29-30-27(33)20-16-24(28-23-11-7-5-9-18(20)23)19-10-6-8-12-26(19)34-4-2/h5-16,31-32H,3-4H2,1-2H3,(H,30,33)/b29-22-. The van der Waals surface area contributed by atoms with E-state index in [9.17, 15) is 15.0 Å². The van der Waals surface area contributed by atoms with E-state index >= 15 is 0 Å². The number of benzene rings is 3. The van der Waals surface area contributed by atoms with Crippen molar-refractivity contribution in [2.45, 2.75) is 20.3 Å². The number of rotatable bonds is 7. The number of hydrogen-bond donors (Lipinski definition) is 3. The Morgan fingerprint density at radius 1 is 0.971 bits per heavy atom. The highest BCUT2D eigenvalue weighted by atomic mass is 16.5. The molecule has 0 saturated heterocycles. The van der Waals surface area contributed by atoms with Crippen LogP contribution in [-0.4, -0.2) is 33.4 Å². The molecule has 172 valence electrons. The van der Waals surface area contributed by atoms with Crippen molar-refractivity contribution < 1.29 is 19.7 Å². The number of phenols is 2. The minimum Gasteiger partial charge on any atom is -0.508 e. The third-order valence-corrected chi connectivity index (χ3v) is 5.34. The highest BCUT2D eigenvalue weighted by molar-refractivity contribution is 6.09. The molecule has 7 heteroatoms. The summed E-state index contributed by atoms with van der Waals surface area (Å²) in [6.45, 7) is 4.27. The van der Waals surface area contributed by atoms with Crippen molar-refractivity contribution in [2.75, 3.05) is 6.61 Å². The molecule has 7 nitrogen and oxygen atoms in total. The largest absolute Gasteiger partial charge is 0.508 e. The fraction of sp³-hybridized carbons (Fsp3) is 0.148. The van der Waals surface area contributed by atoms with E-state index in [0.29, 0.717) is 52.2 Å². The predicted octanol–water partition coefficient (Wildman–Crippen LogP) is 5.26. The number of carbonyl (C=O) groups excluding carboxylic acids is 1. The number of hydrogen-bond acceptors (Lipinski definition) is 6. The number of amides is 1. The molecule has 1 aromatic heterocycles. The lowest BCUT2D eigenvalue weighted by atomic mass is 10.0. The maximum Gasteiger partial charge on any atom is 0.272 e. The summed E-state index contributed by atoms with van der Waals surface area (Å²) in [4.78, 5) is 18.0. The van der Waals surface area contributed by atoms with Crippen LogP contribution in [0.15, 0.2) is 77.9 Å². The quantitative estimate of drug-likeness (QED) is 0.200. The van der Waals surface area contributed by atoms with Crippen LogP contribution in [0.4, 0.5) is 0 Å². The Balaban J connectivity index is 1.76. The Bertz CT molecular complexity index is 1380. The summed E-state index contributed by atoms with van der Waals surface area (Å²) >= 11 is 0. The first-order valence-electron chi connectivity index (χ1n) is 11.0. The third kappa shape index (κ3) is 4.68. The van der Waals surface area contributed by atoms with E-state index in [-0.39, 0.29) is 11.5 Å². The number of aromatic hydroxyl groups is 2. The monoisotopic (exact) mass is 455 g/mol. The second kappa shape index (κ2) is 10.0. The number of nitrogens with one attached hydrogen (secondary N) is 1. The molecule has 3 aromatic carbocycles. The summed E-state index contributed by atoms with van der Waals surface area (Å²) in [5, 5.41) is 24.9. The molecule has 0 bridgehead atoms. The molecule has 0 aliphatic rings. The van der Waals surface area contributed by atoms with Crippen LogP contribution in [0.1, 0.15) is 36.2 Å². The van der Waals surface area contributed by atoms with Crippen LogP contribution >= 0.6 is 0 Å². The second-order valence-electron chi connectivity index (χ2n) is 7.56. The molecule has 0 aliphatic carbocycles. The highest BCUT2D eigenvalue weighted by Crippen LogP contribution is 2.31. The molecule has 0 saturated carbocycles. The zero-order valence-corrected chi connectivity index (χ0v) is 18.9. The molecule has 34 heavy (non-hydrogen) atoms. The molecular weight excluding hydrogens is 430 g/mol. The molecule has 4 aromatic rings. The van der Waals surface area contributed by atoms with Crippen LogP contribution in [0.3, 0.4) is 0 Å². The second-order valence-corrected chi connectivity index (χ2v) is 7.56. The molecule has 4 rings (SSSR count). The number of phenolic OH excluding ortho intramolecular Hbond substituents is 2. The summed E-state index contributed by atoms with van der Waals surface area (Å²) in [5.74, 6) is 0.235. The van der Waals surface area contributed by atoms with Gasteiger partial charge in [0.15, 0.2) is 0 Å². The molecule has 3 N–H and O–H groups in total. The SMILES string of the molecule is CCOc1ccccc1-c1cc(C(=O)N/N=C(/CC)c2cc(O)ccc2O)c2ccccc2n1. The first-order chi connectivity index (χ1) is 16.5. The van der Waals surface area contributed by atoms with Gasteiger partial charge in [0.05, 0.1) is 29.1 Å². The minimum absolute atomic E-state index is 0.00184.